The summed E-state index contributed by atoms with van der Waals surface area (Å²) in [5, 5.41) is 12.3. The Labute approximate surface area is 119 Å². The molecule has 0 bridgehead atoms. The second-order valence-corrected chi connectivity index (χ2v) is 6.53. The normalized spacial score (nSPS) is 11.8. The van der Waals surface area contributed by atoms with Crippen molar-refractivity contribution in [2.45, 2.75) is 31.7 Å². The number of para-hydroxylation sites is 1. The molecule has 0 saturated heterocycles. The molecule has 0 aliphatic heterocycles. The molecule has 0 unspecified atom stereocenters. The van der Waals surface area contributed by atoms with Crippen molar-refractivity contribution < 1.29 is 18.3 Å². The van der Waals surface area contributed by atoms with E-state index < -0.39 is 10.0 Å². The monoisotopic (exact) mass is 300 g/mol. The summed E-state index contributed by atoms with van der Waals surface area (Å²) in [6.45, 7) is 5.10. The van der Waals surface area contributed by atoms with Gasteiger partial charge in [-0.15, -0.1) is 0 Å². The highest BCUT2D eigenvalue weighted by Gasteiger charge is 2.27. The van der Waals surface area contributed by atoms with Gasteiger partial charge < -0.3 is 10.4 Å². The van der Waals surface area contributed by atoms with Gasteiger partial charge in [0.1, 0.15) is 10.6 Å². The first-order chi connectivity index (χ1) is 9.28. The number of nitrogens with one attached hydrogen (secondary N) is 1. The fourth-order valence-corrected chi connectivity index (χ4v) is 3.20. The number of phenols is 1. The van der Waals surface area contributed by atoms with Crippen LogP contribution in [0.25, 0.3) is 0 Å². The Balaban J connectivity index is 3.00. The number of hydrogen-bond donors (Lipinski definition) is 2. The molecular weight excluding hydrogens is 280 g/mol. The van der Waals surface area contributed by atoms with Crippen LogP contribution in [0.15, 0.2) is 29.2 Å². The second-order valence-electron chi connectivity index (χ2n) is 4.62. The molecule has 0 heterocycles. The van der Waals surface area contributed by atoms with Crippen LogP contribution in [-0.2, 0) is 14.8 Å². The van der Waals surface area contributed by atoms with Crippen molar-refractivity contribution in [3.8, 4) is 5.75 Å². The third-order valence-electron chi connectivity index (χ3n) is 2.61. The van der Waals surface area contributed by atoms with Crippen LogP contribution in [0, 0.1) is 0 Å². The highest BCUT2D eigenvalue weighted by molar-refractivity contribution is 7.89. The van der Waals surface area contributed by atoms with Crippen LogP contribution in [0.2, 0.25) is 0 Å². The standard InChI is InChI=1S/C13H20N2O4S/c1-4-15(9-13(17)14-10(2)3)20(18,19)12-8-6-5-7-11(12)16/h5-8,10,16H,4,9H2,1-3H3,(H,14,17). The molecule has 0 fully saturated rings. The van der Waals surface area contributed by atoms with Crippen molar-refractivity contribution in [2.24, 2.45) is 0 Å². The molecule has 0 aliphatic rings. The highest BCUT2D eigenvalue weighted by atomic mass is 32.2. The number of nitrogens with zero attached hydrogens (tertiary/aromatic N) is 1. The molecule has 0 atom stereocenters. The lowest BCUT2D eigenvalue weighted by molar-refractivity contribution is -0.121. The topological polar surface area (TPSA) is 86.7 Å². The van der Waals surface area contributed by atoms with Gasteiger partial charge in [0, 0.05) is 12.6 Å². The predicted molar refractivity (Wildman–Crippen MR) is 75.8 cm³/mol. The van der Waals surface area contributed by atoms with Gasteiger partial charge >= 0.3 is 0 Å². The average Bonchev–Trinajstić information content (AvgIpc) is 2.35. The van der Waals surface area contributed by atoms with Gasteiger partial charge in [-0.1, -0.05) is 19.1 Å². The third-order valence-corrected chi connectivity index (χ3v) is 4.57. The average molecular weight is 300 g/mol. The Morgan fingerprint density at radius 3 is 2.45 bits per heavy atom. The SMILES string of the molecule is CCN(CC(=O)NC(C)C)S(=O)(=O)c1ccccc1O. The summed E-state index contributed by atoms with van der Waals surface area (Å²) in [6, 6.07) is 5.61. The fraction of sp³-hybridized carbons (Fsp3) is 0.462. The van der Waals surface area contributed by atoms with Crippen LogP contribution in [0.4, 0.5) is 0 Å². The molecule has 1 aromatic rings. The number of likely N-dealkylation sites (N-methyl/N-ethyl adjacent to an activating group) is 1. The van der Waals surface area contributed by atoms with Crippen molar-refractivity contribution in [1.82, 2.24) is 9.62 Å². The Morgan fingerprint density at radius 1 is 1.35 bits per heavy atom. The van der Waals surface area contributed by atoms with Crippen molar-refractivity contribution >= 4 is 15.9 Å². The summed E-state index contributed by atoms with van der Waals surface area (Å²) < 4.78 is 25.8. The molecule has 0 aliphatic carbocycles. The first-order valence-electron chi connectivity index (χ1n) is 6.36. The van der Waals surface area contributed by atoms with Gasteiger partial charge in [0.15, 0.2) is 0 Å². The molecule has 6 nitrogen and oxygen atoms in total. The summed E-state index contributed by atoms with van der Waals surface area (Å²) in [7, 11) is -3.89. The van der Waals surface area contributed by atoms with Crippen LogP contribution in [0.5, 0.6) is 5.75 Å². The number of rotatable bonds is 6. The molecule has 112 valence electrons. The van der Waals surface area contributed by atoms with Gasteiger partial charge in [-0.3, -0.25) is 4.79 Å². The number of aromatic hydroxyl groups is 1. The van der Waals surface area contributed by atoms with Crippen molar-refractivity contribution in [1.29, 1.82) is 0 Å². The minimum Gasteiger partial charge on any atom is -0.507 e. The molecule has 0 radical (unpaired) electrons. The minimum atomic E-state index is -3.89. The maximum atomic E-state index is 12.4. The molecular formula is C13H20N2O4S. The summed E-state index contributed by atoms with van der Waals surface area (Å²) in [5.74, 6) is -0.698. The van der Waals surface area contributed by atoms with Crippen LogP contribution < -0.4 is 5.32 Å². The number of hydrogen-bond acceptors (Lipinski definition) is 4. The van der Waals surface area contributed by atoms with Gasteiger partial charge in [-0.2, -0.15) is 4.31 Å². The van der Waals surface area contributed by atoms with E-state index in [1.807, 2.05) is 0 Å². The van der Waals surface area contributed by atoms with E-state index in [1.54, 1.807) is 20.8 Å². The van der Waals surface area contributed by atoms with E-state index in [1.165, 1.54) is 24.3 Å². The molecule has 0 spiro atoms. The molecule has 1 amide bonds. The fourth-order valence-electron chi connectivity index (χ4n) is 1.71. The Kier molecular flexibility index (Phi) is 5.52. The van der Waals surface area contributed by atoms with Crippen molar-refractivity contribution in [2.75, 3.05) is 13.1 Å². The summed E-state index contributed by atoms with van der Waals surface area (Å²) in [6.07, 6.45) is 0. The number of carbonyl (C=O) groups is 1. The van der Waals surface area contributed by atoms with Crippen LogP contribution >= 0.6 is 0 Å². The molecule has 1 aromatic carbocycles. The van der Waals surface area contributed by atoms with Crippen molar-refractivity contribution in [3.05, 3.63) is 24.3 Å². The summed E-state index contributed by atoms with van der Waals surface area (Å²) in [5.41, 5.74) is 0. The molecule has 1 rings (SSSR count). The zero-order valence-electron chi connectivity index (χ0n) is 11.8. The Hall–Kier alpha value is -1.60. The molecule has 7 heteroatoms. The van der Waals surface area contributed by atoms with Gasteiger partial charge in [-0.25, -0.2) is 8.42 Å². The van der Waals surface area contributed by atoms with Gasteiger partial charge in [-0.05, 0) is 26.0 Å². The number of amides is 1. The predicted octanol–water partition coefficient (Wildman–Crippen LogP) is 0.927. The molecule has 2 N–H and O–H groups in total. The summed E-state index contributed by atoms with van der Waals surface area (Å²) in [4.78, 5) is 11.5. The highest BCUT2D eigenvalue weighted by Crippen LogP contribution is 2.24. The minimum absolute atomic E-state index is 0.0611. The van der Waals surface area contributed by atoms with E-state index in [0.29, 0.717) is 0 Å². The van der Waals surface area contributed by atoms with E-state index >= 15 is 0 Å². The number of sulfonamides is 1. The summed E-state index contributed by atoms with van der Waals surface area (Å²) >= 11 is 0. The Bertz CT molecular complexity index is 569. The number of phenolic OH excluding ortho intramolecular Hbond substituents is 1. The smallest absolute Gasteiger partial charge is 0.247 e. The zero-order valence-corrected chi connectivity index (χ0v) is 12.6. The van der Waals surface area contributed by atoms with Crippen LogP contribution in [-0.4, -0.2) is 42.9 Å². The van der Waals surface area contributed by atoms with Crippen molar-refractivity contribution in [3.63, 3.8) is 0 Å². The van der Waals surface area contributed by atoms with E-state index in [-0.39, 0.29) is 35.7 Å². The van der Waals surface area contributed by atoms with Gasteiger partial charge in [0.05, 0.1) is 6.54 Å². The first kappa shape index (κ1) is 16.5. The molecule has 20 heavy (non-hydrogen) atoms. The largest absolute Gasteiger partial charge is 0.507 e. The molecule has 0 saturated carbocycles. The first-order valence-corrected chi connectivity index (χ1v) is 7.80. The number of carbonyl (C=O) groups excluding carboxylic acids is 1. The lowest BCUT2D eigenvalue weighted by Gasteiger charge is -2.21. The maximum absolute atomic E-state index is 12.4. The Morgan fingerprint density at radius 2 is 1.95 bits per heavy atom. The third kappa shape index (κ3) is 3.94. The lowest BCUT2D eigenvalue weighted by atomic mass is 10.3. The van der Waals surface area contributed by atoms with E-state index in [2.05, 4.69) is 5.32 Å². The maximum Gasteiger partial charge on any atom is 0.247 e. The van der Waals surface area contributed by atoms with Crippen LogP contribution in [0.1, 0.15) is 20.8 Å². The quantitative estimate of drug-likeness (QED) is 0.818. The molecule has 0 aromatic heterocycles. The lowest BCUT2D eigenvalue weighted by Crippen LogP contribution is -2.42. The van der Waals surface area contributed by atoms with Gasteiger partial charge in [0.25, 0.3) is 0 Å². The number of benzene rings is 1. The van der Waals surface area contributed by atoms with Gasteiger partial charge in [0.2, 0.25) is 15.9 Å². The zero-order chi connectivity index (χ0) is 15.3. The van der Waals surface area contributed by atoms with Crippen LogP contribution in [0.3, 0.4) is 0 Å². The van der Waals surface area contributed by atoms with E-state index in [9.17, 15) is 18.3 Å². The second kappa shape index (κ2) is 6.71. The van der Waals surface area contributed by atoms with E-state index in [0.717, 1.165) is 4.31 Å². The van der Waals surface area contributed by atoms with E-state index in [4.69, 9.17) is 0 Å².